The maximum Gasteiger partial charge on any atom is 0.310 e. The zero-order chi connectivity index (χ0) is 13.3. The SMILES string of the molecule is CC1CCC(CN)(C(=O)N2CC(C(=O)O)C2)CC1. The largest absolute Gasteiger partial charge is 0.481 e. The number of carboxylic acid groups (broad SMARTS) is 1. The topological polar surface area (TPSA) is 83.6 Å². The minimum absolute atomic E-state index is 0.0781. The summed E-state index contributed by atoms with van der Waals surface area (Å²) < 4.78 is 0. The van der Waals surface area contributed by atoms with Gasteiger partial charge in [-0.15, -0.1) is 0 Å². The van der Waals surface area contributed by atoms with Crippen molar-refractivity contribution in [2.75, 3.05) is 19.6 Å². The molecule has 0 atom stereocenters. The zero-order valence-corrected chi connectivity index (χ0v) is 10.9. The molecule has 0 radical (unpaired) electrons. The lowest BCUT2D eigenvalue weighted by Gasteiger charge is -2.45. The summed E-state index contributed by atoms with van der Waals surface area (Å²) in [6.45, 7) is 3.29. The number of nitrogens with two attached hydrogens (primary N) is 1. The molecule has 5 nitrogen and oxygen atoms in total. The van der Waals surface area contributed by atoms with Crippen LogP contribution in [0.1, 0.15) is 32.6 Å². The number of nitrogens with zero attached hydrogens (tertiary/aromatic N) is 1. The molecule has 2 rings (SSSR count). The molecule has 0 bridgehead atoms. The number of aliphatic carboxylic acids is 1. The average molecular weight is 254 g/mol. The highest BCUT2D eigenvalue weighted by molar-refractivity contribution is 5.86. The maximum atomic E-state index is 12.5. The second kappa shape index (κ2) is 4.88. The average Bonchev–Trinajstić information content (AvgIpc) is 2.28. The molecule has 0 aromatic carbocycles. The van der Waals surface area contributed by atoms with Crippen molar-refractivity contribution in [3.05, 3.63) is 0 Å². The fourth-order valence-electron chi connectivity index (χ4n) is 2.96. The number of amides is 1. The van der Waals surface area contributed by atoms with Crippen LogP contribution in [0.25, 0.3) is 0 Å². The predicted octanol–water partition coefficient (Wildman–Crippen LogP) is 0.685. The number of hydrogen-bond donors (Lipinski definition) is 2. The highest BCUT2D eigenvalue weighted by atomic mass is 16.4. The molecule has 1 amide bonds. The van der Waals surface area contributed by atoms with Crippen molar-refractivity contribution in [3.63, 3.8) is 0 Å². The van der Waals surface area contributed by atoms with Gasteiger partial charge in [0, 0.05) is 19.6 Å². The molecule has 1 heterocycles. The molecule has 0 aromatic rings. The third-order valence-electron chi connectivity index (χ3n) is 4.59. The van der Waals surface area contributed by atoms with Crippen molar-refractivity contribution in [1.82, 2.24) is 4.90 Å². The molecule has 1 saturated carbocycles. The fourth-order valence-corrected chi connectivity index (χ4v) is 2.96. The van der Waals surface area contributed by atoms with Gasteiger partial charge in [0.25, 0.3) is 0 Å². The number of rotatable bonds is 3. The van der Waals surface area contributed by atoms with Crippen molar-refractivity contribution in [1.29, 1.82) is 0 Å². The molecule has 2 fully saturated rings. The summed E-state index contributed by atoms with van der Waals surface area (Å²) in [5.74, 6) is -0.445. The summed E-state index contributed by atoms with van der Waals surface area (Å²) in [6.07, 6.45) is 3.77. The number of likely N-dealkylation sites (tertiary alicyclic amines) is 1. The van der Waals surface area contributed by atoms with Gasteiger partial charge >= 0.3 is 5.97 Å². The Morgan fingerprint density at radius 3 is 2.33 bits per heavy atom. The fraction of sp³-hybridized carbons (Fsp3) is 0.846. The quantitative estimate of drug-likeness (QED) is 0.776. The van der Waals surface area contributed by atoms with Gasteiger partial charge in [-0.3, -0.25) is 9.59 Å². The predicted molar refractivity (Wildman–Crippen MR) is 66.8 cm³/mol. The van der Waals surface area contributed by atoms with Crippen molar-refractivity contribution in [2.24, 2.45) is 23.0 Å². The summed E-state index contributed by atoms with van der Waals surface area (Å²) in [7, 11) is 0. The lowest BCUT2D eigenvalue weighted by molar-refractivity contribution is -0.159. The number of hydrogen-bond acceptors (Lipinski definition) is 3. The second-order valence-electron chi connectivity index (χ2n) is 5.91. The first-order chi connectivity index (χ1) is 8.48. The number of carbonyl (C=O) groups is 2. The molecule has 1 aliphatic heterocycles. The Hall–Kier alpha value is -1.10. The normalized spacial score (nSPS) is 33.0. The molecule has 18 heavy (non-hydrogen) atoms. The van der Waals surface area contributed by atoms with Crippen LogP contribution < -0.4 is 5.73 Å². The van der Waals surface area contributed by atoms with Gasteiger partial charge in [-0.25, -0.2) is 0 Å². The van der Waals surface area contributed by atoms with Gasteiger partial charge in [0.2, 0.25) is 5.91 Å². The lowest BCUT2D eigenvalue weighted by Crippen LogP contribution is -2.59. The number of carbonyl (C=O) groups excluding carboxylic acids is 1. The van der Waals surface area contributed by atoms with E-state index in [9.17, 15) is 9.59 Å². The van der Waals surface area contributed by atoms with Crippen molar-refractivity contribution in [3.8, 4) is 0 Å². The van der Waals surface area contributed by atoms with E-state index in [-0.39, 0.29) is 11.8 Å². The minimum Gasteiger partial charge on any atom is -0.481 e. The molecule has 102 valence electrons. The molecule has 2 aliphatic rings. The third-order valence-corrected chi connectivity index (χ3v) is 4.59. The van der Waals surface area contributed by atoms with E-state index in [0.717, 1.165) is 25.7 Å². The van der Waals surface area contributed by atoms with E-state index in [0.29, 0.717) is 25.6 Å². The van der Waals surface area contributed by atoms with Gasteiger partial charge in [-0.1, -0.05) is 6.92 Å². The molecule has 1 saturated heterocycles. The summed E-state index contributed by atoms with van der Waals surface area (Å²) in [5.41, 5.74) is 5.41. The van der Waals surface area contributed by atoms with Gasteiger partial charge in [0.1, 0.15) is 0 Å². The Morgan fingerprint density at radius 2 is 1.89 bits per heavy atom. The first-order valence-corrected chi connectivity index (χ1v) is 6.71. The van der Waals surface area contributed by atoms with Crippen LogP contribution in [0.4, 0.5) is 0 Å². The summed E-state index contributed by atoms with van der Waals surface area (Å²) in [6, 6.07) is 0. The van der Waals surface area contributed by atoms with Crippen LogP contribution in [-0.2, 0) is 9.59 Å². The molecule has 5 heteroatoms. The van der Waals surface area contributed by atoms with Crippen LogP contribution in [0.2, 0.25) is 0 Å². The molecule has 0 unspecified atom stereocenters. The van der Waals surface area contributed by atoms with Crippen molar-refractivity contribution >= 4 is 11.9 Å². The highest BCUT2D eigenvalue weighted by Crippen LogP contribution is 2.40. The zero-order valence-electron chi connectivity index (χ0n) is 10.9. The Labute approximate surface area is 107 Å². The van der Waals surface area contributed by atoms with E-state index in [2.05, 4.69) is 6.92 Å². The molecule has 0 spiro atoms. The van der Waals surface area contributed by atoms with Gasteiger partial charge in [0.05, 0.1) is 11.3 Å². The molecule has 1 aliphatic carbocycles. The summed E-state index contributed by atoms with van der Waals surface area (Å²) in [4.78, 5) is 24.9. The monoisotopic (exact) mass is 254 g/mol. The molecule has 3 N–H and O–H groups in total. The highest BCUT2D eigenvalue weighted by Gasteiger charge is 2.46. The Kier molecular flexibility index (Phi) is 3.61. The van der Waals surface area contributed by atoms with Crippen LogP contribution in [0, 0.1) is 17.3 Å². The maximum absolute atomic E-state index is 12.5. The Morgan fingerprint density at radius 1 is 1.33 bits per heavy atom. The molecular formula is C13H22N2O3. The van der Waals surface area contributed by atoms with Crippen LogP contribution in [0.5, 0.6) is 0 Å². The Balaban J connectivity index is 1.97. The Bertz CT molecular complexity index is 342. The van der Waals surface area contributed by atoms with E-state index in [1.807, 2.05) is 0 Å². The van der Waals surface area contributed by atoms with Crippen LogP contribution in [0.3, 0.4) is 0 Å². The smallest absolute Gasteiger partial charge is 0.310 e. The standard InChI is InChI=1S/C13H22N2O3/c1-9-2-4-13(8-14,5-3-9)12(18)15-6-10(7-15)11(16)17/h9-10H,2-8,14H2,1H3,(H,16,17). The lowest BCUT2D eigenvalue weighted by atomic mass is 9.69. The van der Waals surface area contributed by atoms with Crippen molar-refractivity contribution < 1.29 is 14.7 Å². The second-order valence-corrected chi connectivity index (χ2v) is 5.91. The van der Waals surface area contributed by atoms with E-state index < -0.39 is 11.4 Å². The van der Waals surface area contributed by atoms with Gasteiger partial charge in [-0.05, 0) is 31.6 Å². The van der Waals surface area contributed by atoms with Gasteiger partial charge < -0.3 is 15.7 Å². The van der Waals surface area contributed by atoms with Crippen molar-refractivity contribution in [2.45, 2.75) is 32.6 Å². The van der Waals surface area contributed by atoms with E-state index in [1.54, 1.807) is 4.90 Å². The van der Waals surface area contributed by atoms with E-state index in [4.69, 9.17) is 10.8 Å². The van der Waals surface area contributed by atoms with E-state index in [1.165, 1.54) is 0 Å². The third kappa shape index (κ3) is 2.23. The van der Waals surface area contributed by atoms with Gasteiger partial charge in [-0.2, -0.15) is 0 Å². The summed E-state index contributed by atoms with van der Waals surface area (Å²) in [5, 5.41) is 8.84. The summed E-state index contributed by atoms with van der Waals surface area (Å²) >= 11 is 0. The van der Waals surface area contributed by atoms with Crippen LogP contribution in [-0.4, -0.2) is 41.5 Å². The molecule has 0 aromatic heterocycles. The van der Waals surface area contributed by atoms with Gasteiger partial charge in [0.15, 0.2) is 0 Å². The first-order valence-electron chi connectivity index (χ1n) is 6.71. The molecular weight excluding hydrogens is 232 g/mol. The van der Waals surface area contributed by atoms with E-state index >= 15 is 0 Å². The van der Waals surface area contributed by atoms with Crippen LogP contribution >= 0.6 is 0 Å². The number of carboxylic acids is 1. The minimum atomic E-state index is -0.807. The van der Waals surface area contributed by atoms with Crippen LogP contribution in [0.15, 0.2) is 0 Å². The first kappa shape index (κ1) is 13.3.